The lowest BCUT2D eigenvalue weighted by atomic mass is 9.82. The molecular weight excluding hydrogens is 206 g/mol. The monoisotopic (exact) mass is 229 g/mol. The predicted octanol–water partition coefficient (Wildman–Crippen LogP) is 1.33. The van der Waals surface area contributed by atoms with Crippen molar-refractivity contribution in [1.29, 1.82) is 0 Å². The number of rotatable bonds is 7. The maximum Gasteiger partial charge on any atom is 0.320 e. The van der Waals surface area contributed by atoms with Gasteiger partial charge in [0.05, 0.1) is 6.10 Å². The molecule has 0 aromatic rings. The van der Waals surface area contributed by atoms with Gasteiger partial charge in [-0.1, -0.05) is 19.8 Å². The van der Waals surface area contributed by atoms with Crippen molar-refractivity contribution >= 4 is 5.97 Å². The highest BCUT2D eigenvalue weighted by molar-refractivity contribution is 5.73. The number of likely N-dealkylation sites (N-methyl/N-ethyl adjacent to an activating group) is 1. The van der Waals surface area contributed by atoms with Gasteiger partial charge in [-0.15, -0.1) is 0 Å². The molecule has 0 heterocycles. The molecule has 1 fully saturated rings. The maximum absolute atomic E-state index is 11.1. The highest BCUT2D eigenvalue weighted by Crippen LogP contribution is 2.28. The SMILES string of the molecule is CCCCC(C(=O)O)N(C)CC1CC(O)C1. The van der Waals surface area contributed by atoms with E-state index in [0.717, 1.165) is 38.6 Å². The molecule has 1 aliphatic rings. The van der Waals surface area contributed by atoms with Crippen molar-refractivity contribution in [3.05, 3.63) is 0 Å². The molecule has 1 atom stereocenters. The van der Waals surface area contributed by atoms with Gasteiger partial charge in [0.25, 0.3) is 0 Å². The second-order valence-electron chi connectivity index (χ2n) is 4.93. The molecule has 0 bridgehead atoms. The average molecular weight is 229 g/mol. The second kappa shape index (κ2) is 6.21. The average Bonchev–Trinajstić information content (AvgIpc) is 2.15. The van der Waals surface area contributed by atoms with E-state index >= 15 is 0 Å². The van der Waals surface area contributed by atoms with Gasteiger partial charge in [0.15, 0.2) is 0 Å². The fourth-order valence-electron chi connectivity index (χ4n) is 2.31. The lowest BCUT2D eigenvalue weighted by Gasteiger charge is -2.36. The molecule has 16 heavy (non-hydrogen) atoms. The number of carboxylic acids is 1. The van der Waals surface area contributed by atoms with E-state index in [9.17, 15) is 9.90 Å². The zero-order chi connectivity index (χ0) is 12.1. The zero-order valence-electron chi connectivity index (χ0n) is 10.2. The van der Waals surface area contributed by atoms with Gasteiger partial charge < -0.3 is 10.2 Å². The summed E-state index contributed by atoms with van der Waals surface area (Å²) >= 11 is 0. The fourth-order valence-corrected chi connectivity index (χ4v) is 2.31. The minimum atomic E-state index is -0.726. The smallest absolute Gasteiger partial charge is 0.320 e. The van der Waals surface area contributed by atoms with E-state index in [1.807, 2.05) is 11.9 Å². The summed E-state index contributed by atoms with van der Waals surface area (Å²) in [6, 6.07) is -0.363. The first-order valence-electron chi connectivity index (χ1n) is 6.15. The molecule has 94 valence electrons. The lowest BCUT2D eigenvalue weighted by Crippen LogP contribution is -2.44. The number of aliphatic carboxylic acids is 1. The quantitative estimate of drug-likeness (QED) is 0.691. The number of hydrogen-bond acceptors (Lipinski definition) is 3. The molecule has 2 N–H and O–H groups in total. The van der Waals surface area contributed by atoms with Gasteiger partial charge in [-0.25, -0.2) is 0 Å². The Hall–Kier alpha value is -0.610. The Morgan fingerprint density at radius 2 is 2.12 bits per heavy atom. The third kappa shape index (κ3) is 3.76. The molecule has 4 nitrogen and oxygen atoms in total. The lowest BCUT2D eigenvalue weighted by molar-refractivity contribution is -0.143. The molecule has 1 unspecified atom stereocenters. The van der Waals surface area contributed by atoms with Gasteiger partial charge in [-0.05, 0) is 32.2 Å². The molecule has 1 aliphatic carbocycles. The highest BCUT2D eigenvalue weighted by Gasteiger charge is 2.31. The largest absolute Gasteiger partial charge is 0.480 e. The Balaban J connectivity index is 2.34. The molecule has 0 spiro atoms. The van der Waals surface area contributed by atoms with Crippen LogP contribution in [0, 0.1) is 5.92 Å². The van der Waals surface area contributed by atoms with Crippen molar-refractivity contribution < 1.29 is 15.0 Å². The van der Waals surface area contributed by atoms with E-state index in [2.05, 4.69) is 6.92 Å². The first kappa shape index (κ1) is 13.5. The number of hydrogen-bond donors (Lipinski definition) is 2. The Morgan fingerprint density at radius 3 is 2.56 bits per heavy atom. The Kier molecular flexibility index (Phi) is 5.22. The topological polar surface area (TPSA) is 60.8 Å². The Bertz CT molecular complexity index is 226. The van der Waals surface area contributed by atoms with E-state index in [-0.39, 0.29) is 12.1 Å². The maximum atomic E-state index is 11.1. The Labute approximate surface area is 97.3 Å². The summed E-state index contributed by atoms with van der Waals surface area (Å²) in [7, 11) is 1.87. The van der Waals surface area contributed by atoms with Crippen LogP contribution in [0.5, 0.6) is 0 Å². The molecule has 4 heteroatoms. The third-order valence-corrected chi connectivity index (χ3v) is 3.41. The zero-order valence-corrected chi connectivity index (χ0v) is 10.2. The van der Waals surface area contributed by atoms with E-state index < -0.39 is 5.97 Å². The summed E-state index contributed by atoms with van der Waals surface area (Å²) in [4.78, 5) is 13.0. The summed E-state index contributed by atoms with van der Waals surface area (Å²) in [6.07, 6.45) is 4.19. The van der Waals surface area contributed by atoms with Crippen molar-refractivity contribution in [1.82, 2.24) is 4.90 Å². The molecule has 1 saturated carbocycles. The summed E-state index contributed by atoms with van der Waals surface area (Å²) in [5, 5.41) is 18.3. The predicted molar refractivity (Wildman–Crippen MR) is 62.3 cm³/mol. The summed E-state index contributed by atoms with van der Waals surface area (Å²) in [5.41, 5.74) is 0. The summed E-state index contributed by atoms with van der Waals surface area (Å²) in [6.45, 7) is 2.86. The van der Waals surface area contributed by atoms with Crippen LogP contribution in [0.1, 0.15) is 39.0 Å². The van der Waals surface area contributed by atoms with Gasteiger partial charge in [0.1, 0.15) is 6.04 Å². The number of aliphatic hydroxyl groups excluding tert-OH is 1. The number of carboxylic acid groups (broad SMARTS) is 1. The van der Waals surface area contributed by atoms with E-state index in [4.69, 9.17) is 5.11 Å². The van der Waals surface area contributed by atoms with Crippen molar-refractivity contribution in [2.75, 3.05) is 13.6 Å². The van der Waals surface area contributed by atoms with Crippen LogP contribution >= 0.6 is 0 Å². The molecule has 0 amide bonds. The number of unbranched alkanes of at least 4 members (excludes halogenated alkanes) is 1. The van der Waals surface area contributed by atoms with Gasteiger partial charge in [-0.2, -0.15) is 0 Å². The molecule has 0 aliphatic heterocycles. The molecule has 0 aromatic heterocycles. The van der Waals surface area contributed by atoms with Gasteiger partial charge >= 0.3 is 5.97 Å². The van der Waals surface area contributed by atoms with Crippen LogP contribution in [-0.4, -0.2) is 46.8 Å². The van der Waals surface area contributed by atoms with Crippen molar-refractivity contribution in [2.24, 2.45) is 5.92 Å². The molecule has 0 radical (unpaired) electrons. The normalized spacial score (nSPS) is 26.5. The summed E-state index contributed by atoms with van der Waals surface area (Å²) in [5.74, 6) is -0.251. The fraction of sp³-hybridized carbons (Fsp3) is 0.917. The van der Waals surface area contributed by atoms with Crippen molar-refractivity contribution in [2.45, 2.75) is 51.2 Å². The van der Waals surface area contributed by atoms with E-state index in [1.54, 1.807) is 0 Å². The number of aliphatic hydroxyl groups is 1. The molecular formula is C12H23NO3. The van der Waals surface area contributed by atoms with Gasteiger partial charge in [-0.3, -0.25) is 9.69 Å². The van der Waals surface area contributed by atoms with E-state index in [0.29, 0.717) is 5.92 Å². The first-order valence-corrected chi connectivity index (χ1v) is 6.15. The van der Waals surface area contributed by atoms with Crippen molar-refractivity contribution in [3.63, 3.8) is 0 Å². The van der Waals surface area contributed by atoms with E-state index in [1.165, 1.54) is 0 Å². The minimum absolute atomic E-state index is 0.155. The van der Waals surface area contributed by atoms with Crippen LogP contribution in [0.3, 0.4) is 0 Å². The van der Waals surface area contributed by atoms with Gasteiger partial charge in [0.2, 0.25) is 0 Å². The van der Waals surface area contributed by atoms with Crippen LogP contribution in [0.4, 0.5) is 0 Å². The Morgan fingerprint density at radius 1 is 1.50 bits per heavy atom. The minimum Gasteiger partial charge on any atom is -0.480 e. The number of carbonyl (C=O) groups is 1. The van der Waals surface area contributed by atoms with Gasteiger partial charge in [0, 0.05) is 6.54 Å². The van der Waals surface area contributed by atoms with Crippen LogP contribution in [-0.2, 0) is 4.79 Å². The molecule has 0 saturated heterocycles. The first-order chi connectivity index (χ1) is 7.54. The molecule has 0 aromatic carbocycles. The van der Waals surface area contributed by atoms with Crippen LogP contribution in [0.15, 0.2) is 0 Å². The highest BCUT2D eigenvalue weighted by atomic mass is 16.4. The molecule has 1 rings (SSSR count). The van der Waals surface area contributed by atoms with Crippen LogP contribution in [0.25, 0.3) is 0 Å². The standard InChI is InChI=1S/C12H23NO3/c1-3-4-5-11(12(15)16)13(2)8-9-6-10(14)7-9/h9-11,14H,3-8H2,1-2H3,(H,15,16). The van der Waals surface area contributed by atoms with Crippen LogP contribution < -0.4 is 0 Å². The van der Waals surface area contributed by atoms with Crippen LogP contribution in [0.2, 0.25) is 0 Å². The second-order valence-corrected chi connectivity index (χ2v) is 4.93. The number of nitrogens with zero attached hydrogens (tertiary/aromatic N) is 1. The third-order valence-electron chi connectivity index (χ3n) is 3.41. The van der Waals surface area contributed by atoms with Crippen molar-refractivity contribution in [3.8, 4) is 0 Å². The summed E-state index contributed by atoms with van der Waals surface area (Å²) < 4.78 is 0.